The van der Waals surface area contributed by atoms with Gasteiger partial charge in [-0.2, -0.15) is 5.10 Å². The lowest BCUT2D eigenvalue weighted by Crippen LogP contribution is -2.38. The summed E-state index contributed by atoms with van der Waals surface area (Å²) in [6.07, 6.45) is 2.21. The molecule has 1 N–H and O–H groups in total. The molecule has 1 aliphatic rings. The van der Waals surface area contributed by atoms with Gasteiger partial charge in [-0.25, -0.2) is 9.07 Å². The Hall–Kier alpha value is -3.27. The topological polar surface area (TPSA) is 101 Å². The SMILES string of the molecule is CCCn1nc(C(=O)NCCN2C(=O)S/C(=C\c3ccc(F)cc3)C2=O)ccc1=O. The molecule has 0 radical (unpaired) electrons. The number of amides is 3. The number of nitrogens with zero attached hydrogens (tertiary/aromatic N) is 3. The highest BCUT2D eigenvalue weighted by atomic mass is 32.2. The fraction of sp³-hybridized carbons (Fsp3) is 0.250. The Morgan fingerprint density at radius 2 is 1.87 bits per heavy atom. The molecule has 0 bridgehead atoms. The molecule has 3 rings (SSSR count). The highest BCUT2D eigenvalue weighted by Crippen LogP contribution is 2.31. The van der Waals surface area contributed by atoms with Crippen molar-refractivity contribution >= 4 is 34.9 Å². The smallest absolute Gasteiger partial charge is 0.293 e. The van der Waals surface area contributed by atoms with Gasteiger partial charge in [-0.3, -0.25) is 24.1 Å². The molecular formula is C20H19FN4O4S. The van der Waals surface area contributed by atoms with Crippen molar-refractivity contribution in [2.45, 2.75) is 19.9 Å². The van der Waals surface area contributed by atoms with Crippen LogP contribution >= 0.6 is 11.8 Å². The molecule has 1 fully saturated rings. The summed E-state index contributed by atoms with van der Waals surface area (Å²) in [6, 6.07) is 8.15. The number of nitrogens with one attached hydrogen (secondary N) is 1. The molecule has 1 saturated heterocycles. The van der Waals surface area contributed by atoms with Gasteiger partial charge in [0.25, 0.3) is 22.6 Å². The quantitative estimate of drug-likeness (QED) is 0.676. The molecule has 30 heavy (non-hydrogen) atoms. The van der Waals surface area contributed by atoms with E-state index in [1.807, 2.05) is 6.92 Å². The molecule has 3 amide bonds. The Labute approximate surface area is 175 Å². The molecule has 0 unspecified atom stereocenters. The second-order valence-corrected chi connectivity index (χ2v) is 7.41. The molecule has 0 atom stereocenters. The van der Waals surface area contributed by atoms with Gasteiger partial charge in [-0.1, -0.05) is 19.1 Å². The average Bonchev–Trinajstić information content (AvgIpc) is 2.98. The lowest BCUT2D eigenvalue weighted by Gasteiger charge is -2.13. The number of carbonyl (C=O) groups is 3. The Bertz CT molecular complexity index is 1070. The molecule has 0 aliphatic carbocycles. The fourth-order valence-electron chi connectivity index (χ4n) is 2.72. The van der Waals surface area contributed by atoms with Gasteiger partial charge >= 0.3 is 0 Å². The van der Waals surface area contributed by atoms with E-state index in [9.17, 15) is 23.6 Å². The minimum Gasteiger partial charge on any atom is -0.349 e. The molecule has 1 aliphatic heterocycles. The van der Waals surface area contributed by atoms with E-state index in [1.54, 1.807) is 0 Å². The van der Waals surface area contributed by atoms with E-state index in [2.05, 4.69) is 10.4 Å². The van der Waals surface area contributed by atoms with Crippen molar-refractivity contribution in [1.82, 2.24) is 20.0 Å². The first-order valence-corrected chi connectivity index (χ1v) is 10.1. The first-order chi connectivity index (χ1) is 14.4. The third-order valence-corrected chi connectivity index (χ3v) is 5.10. The predicted molar refractivity (Wildman–Crippen MR) is 110 cm³/mol. The van der Waals surface area contributed by atoms with Crippen molar-refractivity contribution in [3.63, 3.8) is 0 Å². The van der Waals surface area contributed by atoms with Gasteiger partial charge in [-0.05, 0) is 48.0 Å². The van der Waals surface area contributed by atoms with Crippen molar-refractivity contribution in [2.24, 2.45) is 0 Å². The van der Waals surface area contributed by atoms with Crippen LogP contribution in [-0.2, 0) is 11.3 Å². The average molecular weight is 430 g/mol. The number of thioether (sulfide) groups is 1. The van der Waals surface area contributed by atoms with Crippen LogP contribution in [0.25, 0.3) is 6.08 Å². The van der Waals surface area contributed by atoms with E-state index in [0.29, 0.717) is 18.5 Å². The van der Waals surface area contributed by atoms with Crippen LogP contribution in [0.15, 0.2) is 46.1 Å². The summed E-state index contributed by atoms with van der Waals surface area (Å²) >= 11 is 0.787. The standard InChI is InChI=1S/C20H19FN4O4S/c1-2-10-25-17(26)8-7-15(23-25)18(27)22-9-11-24-19(28)16(30-20(24)29)12-13-3-5-14(21)6-4-13/h3-8,12H,2,9-11H2,1H3,(H,22,27)/b16-12-. The zero-order valence-electron chi connectivity index (χ0n) is 16.1. The van der Waals surface area contributed by atoms with Crippen molar-refractivity contribution in [3.8, 4) is 0 Å². The minimum absolute atomic E-state index is 0.00817. The van der Waals surface area contributed by atoms with Crippen LogP contribution in [-0.4, -0.2) is 44.8 Å². The monoisotopic (exact) mass is 430 g/mol. The van der Waals surface area contributed by atoms with Crippen molar-refractivity contribution < 1.29 is 18.8 Å². The van der Waals surface area contributed by atoms with E-state index in [4.69, 9.17) is 0 Å². The van der Waals surface area contributed by atoms with Crippen LogP contribution in [0, 0.1) is 5.82 Å². The summed E-state index contributed by atoms with van der Waals surface area (Å²) in [6.45, 7) is 2.32. The van der Waals surface area contributed by atoms with Crippen molar-refractivity contribution in [3.05, 3.63) is 68.7 Å². The fourth-order valence-corrected chi connectivity index (χ4v) is 3.58. The summed E-state index contributed by atoms with van der Waals surface area (Å²) in [5.74, 6) is -1.37. The van der Waals surface area contributed by atoms with Crippen LogP contribution in [0.2, 0.25) is 0 Å². The number of hydrogen-bond acceptors (Lipinski definition) is 6. The van der Waals surface area contributed by atoms with Crippen LogP contribution in [0.4, 0.5) is 9.18 Å². The Kier molecular flexibility index (Phi) is 6.78. The molecule has 10 heteroatoms. The number of carbonyl (C=O) groups excluding carboxylic acids is 3. The predicted octanol–water partition coefficient (Wildman–Crippen LogP) is 2.26. The molecule has 8 nitrogen and oxygen atoms in total. The number of benzene rings is 1. The van der Waals surface area contributed by atoms with Crippen LogP contribution in [0.1, 0.15) is 29.4 Å². The van der Waals surface area contributed by atoms with Crippen LogP contribution in [0.3, 0.4) is 0 Å². The molecular weight excluding hydrogens is 411 g/mol. The van der Waals surface area contributed by atoms with Gasteiger partial charge in [-0.15, -0.1) is 0 Å². The molecule has 0 spiro atoms. The first-order valence-electron chi connectivity index (χ1n) is 9.26. The van der Waals surface area contributed by atoms with Gasteiger partial charge in [0.2, 0.25) is 0 Å². The summed E-state index contributed by atoms with van der Waals surface area (Å²) in [5, 5.41) is 6.16. The van der Waals surface area contributed by atoms with Gasteiger partial charge in [0.05, 0.1) is 4.91 Å². The zero-order chi connectivity index (χ0) is 21.7. The van der Waals surface area contributed by atoms with E-state index in [-0.39, 0.29) is 29.2 Å². The van der Waals surface area contributed by atoms with Gasteiger partial charge < -0.3 is 5.32 Å². The minimum atomic E-state index is -0.506. The maximum Gasteiger partial charge on any atom is 0.293 e. The Morgan fingerprint density at radius 1 is 1.13 bits per heavy atom. The Balaban J connectivity index is 1.59. The van der Waals surface area contributed by atoms with E-state index >= 15 is 0 Å². The summed E-state index contributed by atoms with van der Waals surface area (Å²) in [4.78, 5) is 49.8. The van der Waals surface area contributed by atoms with Gasteiger partial charge in [0.15, 0.2) is 0 Å². The van der Waals surface area contributed by atoms with E-state index in [1.165, 1.54) is 47.2 Å². The first kappa shape index (κ1) is 21.4. The number of aromatic nitrogens is 2. The molecule has 1 aromatic heterocycles. The summed E-state index contributed by atoms with van der Waals surface area (Å²) in [5.41, 5.74) is 0.385. The third kappa shape index (κ3) is 5.01. The van der Waals surface area contributed by atoms with Gasteiger partial charge in [0.1, 0.15) is 11.5 Å². The molecule has 2 heterocycles. The van der Waals surface area contributed by atoms with Crippen LogP contribution in [0.5, 0.6) is 0 Å². The zero-order valence-corrected chi connectivity index (χ0v) is 16.9. The third-order valence-electron chi connectivity index (χ3n) is 4.20. The summed E-state index contributed by atoms with van der Waals surface area (Å²) < 4.78 is 14.2. The molecule has 2 aromatic rings. The lowest BCUT2D eigenvalue weighted by atomic mass is 10.2. The van der Waals surface area contributed by atoms with Crippen molar-refractivity contribution in [2.75, 3.05) is 13.1 Å². The van der Waals surface area contributed by atoms with E-state index in [0.717, 1.165) is 16.7 Å². The number of aryl methyl sites for hydroxylation is 1. The number of rotatable bonds is 7. The highest BCUT2D eigenvalue weighted by Gasteiger charge is 2.34. The van der Waals surface area contributed by atoms with Crippen LogP contribution < -0.4 is 10.9 Å². The molecule has 156 valence electrons. The summed E-state index contributed by atoms with van der Waals surface area (Å²) in [7, 11) is 0. The number of halogens is 1. The Morgan fingerprint density at radius 3 is 2.57 bits per heavy atom. The maximum atomic E-state index is 13.0. The number of imide groups is 1. The van der Waals surface area contributed by atoms with E-state index < -0.39 is 22.9 Å². The normalized spacial score (nSPS) is 15.1. The highest BCUT2D eigenvalue weighted by molar-refractivity contribution is 8.18. The second kappa shape index (κ2) is 9.49. The van der Waals surface area contributed by atoms with Gasteiger partial charge in [0, 0.05) is 25.7 Å². The van der Waals surface area contributed by atoms with Crippen molar-refractivity contribution in [1.29, 1.82) is 0 Å². The molecule has 0 saturated carbocycles. The largest absolute Gasteiger partial charge is 0.349 e. The second-order valence-electron chi connectivity index (χ2n) is 6.42. The maximum absolute atomic E-state index is 13.0. The molecule has 1 aromatic carbocycles. The lowest BCUT2D eigenvalue weighted by molar-refractivity contribution is -0.122. The number of hydrogen-bond donors (Lipinski definition) is 1.